The van der Waals surface area contributed by atoms with Crippen LogP contribution in [0.4, 0.5) is 0 Å². The molecule has 0 saturated heterocycles. The van der Waals surface area contributed by atoms with Gasteiger partial charge in [0, 0.05) is 0 Å². The van der Waals surface area contributed by atoms with Gasteiger partial charge in [-0.25, -0.2) is 0 Å². The predicted molar refractivity (Wildman–Crippen MR) is 128 cm³/mol. The maximum Gasteiger partial charge on any atom is 0.326 e. The number of carbonyl (C=O) groups excluding carboxylic acids is 1. The Balaban J connectivity index is 4.19. The molecule has 0 unspecified atom stereocenters. The minimum absolute atomic E-state index is 0.304. The van der Waals surface area contributed by atoms with Gasteiger partial charge < -0.3 is 4.74 Å². The molecule has 0 aliphatic carbocycles. The Morgan fingerprint density at radius 3 is 1.47 bits per heavy atom. The highest BCUT2D eigenvalue weighted by Crippen LogP contribution is 2.33. The lowest BCUT2D eigenvalue weighted by molar-refractivity contribution is -0.152. The lowest BCUT2D eigenvalue weighted by Gasteiger charge is -2.24. The van der Waals surface area contributed by atoms with E-state index in [-0.39, 0.29) is 5.97 Å². The largest absolute Gasteiger partial charge is 0.465 e. The second kappa shape index (κ2) is 20.7. The van der Waals surface area contributed by atoms with Crippen molar-refractivity contribution in [3.8, 4) is 6.07 Å². The first-order valence-electron chi connectivity index (χ1n) is 12.5. The Morgan fingerprint density at radius 2 is 1.13 bits per heavy atom. The molecule has 0 aromatic heterocycles. The van der Waals surface area contributed by atoms with Crippen molar-refractivity contribution >= 4 is 5.97 Å². The van der Waals surface area contributed by atoms with E-state index in [1.54, 1.807) is 0 Å². The molecule has 3 nitrogen and oxygen atoms in total. The number of rotatable bonds is 22. The van der Waals surface area contributed by atoms with Crippen molar-refractivity contribution in [2.75, 3.05) is 6.61 Å². The summed E-state index contributed by atoms with van der Waals surface area (Å²) in [6.45, 7) is 9.68. The van der Waals surface area contributed by atoms with Crippen LogP contribution < -0.4 is 0 Å². The first kappa shape index (κ1) is 28.4. The van der Waals surface area contributed by atoms with E-state index in [9.17, 15) is 10.1 Å². The maximum atomic E-state index is 12.6. The van der Waals surface area contributed by atoms with Crippen LogP contribution in [0.2, 0.25) is 0 Å². The van der Waals surface area contributed by atoms with E-state index in [1.807, 2.05) is 19.1 Å². The van der Waals surface area contributed by atoms with E-state index >= 15 is 0 Å². The summed E-state index contributed by atoms with van der Waals surface area (Å²) in [6.07, 6.45) is 23.9. The molecule has 172 valence electrons. The van der Waals surface area contributed by atoms with Crippen molar-refractivity contribution in [2.24, 2.45) is 5.41 Å². The van der Waals surface area contributed by atoms with Gasteiger partial charge in [0.2, 0.25) is 0 Å². The van der Waals surface area contributed by atoms with E-state index in [1.165, 1.54) is 64.2 Å². The van der Waals surface area contributed by atoms with Gasteiger partial charge in [0.05, 0.1) is 12.7 Å². The van der Waals surface area contributed by atoms with Gasteiger partial charge in [-0.2, -0.15) is 5.26 Å². The second-order valence-corrected chi connectivity index (χ2v) is 8.52. The highest BCUT2D eigenvalue weighted by Gasteiger charge is 2.39. The van der Waals surface area contributed by atoms with Crippen molar-refractivity contribution in [3.05, 3.63) is 25.3 Å². The Labute approximate surface area is 187 Å². The van der Waals surface area contributed by atoms with Crippen LogP contribution in [0.15, 0.2) is 25.3 Å². The third-order valence-corrected chi connectivity index (χ3v) is 5.90. The molecule has 0 radical (unpaired) electrons. The van der Waals surface area contributed by atoms with Crippen molar-refractivity contribution in [1.29, 1.82) is 5.26 Å². The predicted octanol–water partition coefficient (Wildman–Crippen LogP) is 8.45. The summed E-state index contributed by atoms with van der Waals surface area (Å²) in [6, 6.07) is 2.36. The molecule has 0 aromatic rings. The van der Waals surface area contributed by atoms with Crippen molar-refractivity contribution in [2.45, 2.75) is 122 Å². The molecule has 0 fully saturated rings. The van der Waals surface area contributed by atoms with Gasteiger partial charge in [-0.3, -0.25) is 4.79 Å². The van der Waals surface area contributed by atoms with Gasteiger partial charge in [-0.05, 0) is 45.4 Å². The van der Waals surface area contributed by atoms with Gasteiger partial charge in [-0.1, -0.05) is 89.2 Å². The van der Waals surface area contributed by atoms with Crippen LogP contribution in [0.1, 0.15) is 122 Å². The van der Waals surface area contributed by atoms with Crippen LogP contribution >= 0.6 is 0 Å². The zero-order valence-electron chi connectivity index (χ0n) is 19.8. The zero-order chi connectivity index (χ0) is 22.3. The van der Waals surface area contributed by atoms with E-state index in [0.29, 0.717) is 19.4 Å². The normalized spacial score (nSPS) is 11.1. The molecule has 0 amide bonds. The number of hydrogen-bond acceptors (Lipinski definition) is 3. The quantitative estimate of drug-likeness (QED) is 0.101. The molecule has 0 atom stereocenters. The van der Waals surface area contributed by atoms with Crippen LogP contribution in [0.25, 0.3) is 0 Å². The first-order valence-corrected chi connectivity index (χ1v) is 12.5. The van der Waals surface area contributed by atoms with Gasteiger partial charge >= 0.3 is 5.97 Å². The first-order chi connectivity index (χ1) is 14.7. The summed E-state index contributed by atoms with van der Waals surface area (Å²) in [5.74, 6) is -0.304. The molecular weight excluding hydrogens is 370 g/mol. The van der Waals surface area contributed by atoms with Crippen LogP contribution in [0.5, 0.6) is 0 Å². The molecule has 0 N–H and O–H groups in total. The summed E-state index contributed by atoms with van der Waals surface area (Å²) >= 11 is 0. The van der Waals surface area contributed by atoms with Crippen molar-refractivity contribution < 1.29 is 9.53 Å². The smallest absolute Gasteiger partial charge is 0.326 e. The fourth-order valence-electron chi connectivity index (χ4n) is 3.95. The fourth-order valence-corrected chi connectivity index (χ4v) is 3.95. The molecule has 0 aromatic carbocycles. The van der Waals surface area contributed by atoms with Crippen LogP contribution in [-0.4, -0.2) is 12.6 Å². The summed E-state index contributed by atoms with van der Waals surface area (Å²) in [5.41, 5.74) is -0.941. The standard InChI is InChI=1S/C27H47NO2/c1-4-7-9-11-13-15-17-19-21-23-27(25-28,26(29)30-6-3)24-22-20-18-16-14-12-10-8-5-2/h4-5H,1-2,6-24H2,3H3. The number of ether oxygens (including phenoxy) is 1. The zero-order valence-corrected chi connectivity index (χ0v) is 19.8. The molecular formula is C27H47NO2. The number of nitriles is 1. The Bertz CT molecular complexity index is 452. The maximum absolute atomic E-state index is 12.6. The third kappa shape index (κ3) is 14.4. The number of carbonyl (C=O) groups is 1. The Hall–Kier alpha value is -1.56. The monoisotopic (exact) mass is 417 g/mol. The fraction of sp³-hybridized carbons (Fsp3) is 0.778. The van der Waals surface area contributed by atoms with Gasteiger partial charge in [0.25, 0.3) is 0 Å². The summed E-state index contributed by atoms with van der Waals surface area (Å²) < 4.78 is 5.29. The minimum atomic E-state index is -0.941. The highest BCUT2D eigenvalue weighted by molar-refractivity contribution is 5.80. The van der Waals surface area contributed by atoms with E-state index in [2.05, 4.69) is 19.2 Å². The number of nitrogens with zero attached hydrogens (tertiary/aromatic N) is 1. The Kier molecular flexibility index (Phi) is 19.6. The van der Waals surface area contributed by atoms with Gasteiger partial charge in [0.15, 0.2) is 5.41 Å². The van der Waals surface area contributed by atoms with E-state index in [0.717, 1.165) is 38.5 Å². The lowest BCUT2D eigenvalue weighted by Crippen LogP contribution is -2.32. The molecule has 0 rings (SSSR count). The second-order valence-electron chi connectivity index (χ2n) is 8.52. The molecule has 0 spiro atoms. The van der Waals surface area contributed by atoms with Crippen molar-refractivity contribution in [3.63, 3.8) is 0 Å². The molecule has 0 aliphatic rings. The van der Waals surface area contributed by atoms with Gasteiger partial charge in [0.1, 0.15) is 0 Å². The van der Waals surface area contributed by atoms with Crippen LogP contribution in [0.3, 0.4) is 0 Å². The van der Waals surface area contributed by atoms with Crippen LogP contribution in [-0.2, 0) is 9.53 Å². The molecule has 0 aliphatic heterocycles. The average molecular weight is 418 g/mol. The van der Waals surface area contributed by atoms with Gasteiger partial charge in [-0.15, -0.1) is 13.2 Å². The lowest BCUT2D eigenvalue weighted by atomic mass is 9.79. The van der Waals surface area contributed by atoms with E-state index in [4.69, 9.17) is 4.74 Å². The summed E-state index contributed by atoms with van der Waals surface area (Å²) in [4.78, 5) is 12.6. The molecule has 0 saturated carbocycles. The summed E-state index contributed by atoms with van der Waals surface area (Å²) in [7, 11) is 0. The highest BCUT2D eigenvalue weighted by atomic mass is 16.5. The Morgan fingerprint density at radius 1 is 0.767 bits per heavy atom. The molecule has 3 heteroatoms. The number of esters is 1. The summed E-state index contributed by atoms with van der Waals surface area (Å²) in [5, 5.41) is 9.85. The number of allylic oxidation sites excluding steroid dienone is 2. The average Bonchev–Trinajstić information content (AvgIpc) is 2.75. The van der Waals surface area contributed by atoms with Crippen LogP contribution in [0, 0.1) is 16.7 Å². The minimum Gasteiger partial charge on any atom is -0.465 e. The molecule has 0 heterocycles. The number of unbranched alkanes of at least 4 members (excludes halogenated alkanes) is 14. The third-order valence-electron chi connectivity index (χ3n) is 5.90. The topological polar surface area (TPSA) is 50.1 Å². The molecule has 30 heavy (non-hydrogen) atoms. The molecule has 0 bridgehead atoms. The number of hydrogen-bond donors (Lipinski definition) is 0. The van der Waals surface area contributed by atoms with E-state index < -0.39 is 5.41 Å². The SMILES string of the molecule is C=CCCCCCCCCCC(C#N)(CCCCCCCCCC=C)C(=O)OCC. The van der Waals surface area contributed by atoms with Crippen molar-refractivity contribution in [1.82, 2.24) is 0 Å².